The lowest BCUT2D eigenvalue weighted by atomic mass is 9.92. The summed E-state index contributed by atoms with van der Waals surface area (Å²) in [4.78, 5) is 25.7. The number of nitrogen functional groups attached to an aromatic ring is 1. The number of pyridine rings is 1. The minimum absolute atomic E-state index is 0.0368. The minimum Gasteiger partial charge on any atom is -0.384 e. The van der Waals surface area contributed by atoms with E-state index in [1.807, 2.05) is 0 Å². The van der Waals surface area contributed by atoms with Gasteiger partial charge in [-0.15, -0.1) is 5.10 Å². The number of tetrazole rings is 1. The topological polar surface area (TPSA) is 132 Å². The Labute approximate surface area is 210 Å². The van der Waals surface area contributed by atoms with E-state index < -0.39 is 17.8 Å². The van der Waals surface area contributed by atoms with Gasteiger partial charge in [-0.25, -0.2) is 14.4 Å². The van der Waals surface area contributed by atoms with Crippen LogP contribution in [0.5, 0.6) is 0 Å². The number of aromatic nitrogens is 7. The number of aromatic amines is 1. The molecule has 2 aliphatic rings. The number of amides is 1. The van der Waals surface area contributed by atoms with Crippen LogP contribution < -0.4 is 5.73 Å². The van der Waals surface area contributed by atoms with Crippen LogP contribution >= 0.6 is 11.6 Å². The molecule has 2 atom stereocenters. The van der Waals surface area contributed by atoms with Gasteiger partial charge in [-0.3, -0.25) is 4.79 Å². The highest BCUT2D eigenvalue weighted by atomic mass is 35.5. The van der Waals surface area contributed by atoms with Crippen LogP contribution in [0.2, 0.25) is 5.02 Å². The first-order chi connectivity index (χ1) is 18.2. The summed E-state index contributed by atoms with van der Waals surface area (Å²) < 4.78 is 47.1. The number of nitrogens with one attached hydrogen (secondary N) is 1. The van der Waals surface area contributed by atoms with E-state index in [0.29, 0.717) is 36.3 Å². The Kier molecular flexibility index (Phi) is 4.72. The molecule has 4 aromatic rings. The van der Waals surface area contributed by atoms with E-state index in [1.54, 1.807) is 11.0 Å². The maximum atomic E-state index is 15.3. The number of anilines is 1. The molecule has 2 aliphatic heterocycles. The molecule has 1 aromatic carbocycles. The van der Waals surface area contributed by atoms with Crippen molar-refractivity contribution in [3.05, 3.63) is 71.0 Å². The molecule has 0 unspecified atom stereocenters. The molecular formula is C23H18ClF2N9O. The molecule has 5 heterocycles. The van der Waals surface area contributed by atoms with Gasteiger partial charge in [0, 0.05) is 17.7 Å². The number of nitrogens with two attached hydrogens (primary N) is 1. The van der Waals surface area contributed by atoms with Gasteiger partial charge in [0.15, 0.2) is 5.82 Å². The zero-order chi connectivity index (χ0) is 26.7. The Morgan fingerprint density at radius 1 is 1.25 bits per heavy atom. The number of rotatable bonds is 4. The third-order valence-electron chi connectivity index (χ3n) is 6.43. The van der Waals surface area contributed by atoms with Crippen molar-refractivity contribution in [2.24, 2.45) is 0 Å². The maximum Gasteiger partial charge on any atom is 0.247 e. The Morgan fingerprint density at radius 2 is 2.11 bits per heavy atom. The second-order valence-corrected chi connectivity index (χ2v) is 8.88. The van der Waals surface area contributed by atoms with Gasteiger partial charge >= 0.3 is 0 Å². The highest BCUT2D eigenvalue weighted by molar-refractivity contribution is 6.31. The molecule has 13 heteroatoms. The van der Waals surface area contributed by atoms with Crippen LogP contribution in [-0.4, -0.2) is 52.0 Å². The molecule has 1 saturated heterocycles. The first-order valence-electron chi connectivity index (χ1n) is 12.0. The molecule has 0 radical (unpaired) electrons. The molecule has 36 heavy (non-hydrogen) atoms. The summed E-state index contributed by atoms with van der Waals surface area (Å²) in [6.45, 7) is 0. The molecule has 1 fully saturated rings. The summed E-state index contributed by atoms with van der Waals surface area (Å²) in [5, 5.41) is 11.0. The van der Waals surface area contributed by atoms with Crippen LogP contribution in [-0.2, 0) is 4.79 Å². The van der Waals surface area contributed by atoms with Gasteiger partial charge in [0.25, 0.3) is 0 Å². The number of halogens is 3. The Hall–Kier alpha value is -4.19. The van der Waals surface area contributed by atoms with Crippen LogP contribution in [0.25, 0.3) is 22.5 Å². The Bertz CT molecular complexity index is 1630. The first-order valence-corrected chi connectivity index (χ1v) is 11.3. The molecule has 0 bridgehead atoms. The zero-order valence-electron chi connectivity index (χ0n) is 20.4. The number of hydrogen-bond acceptors (Lipinski definition) is 7. The summed E-state index contributed by atoms with van der Waals surface area (Å²) in [5.74, 6) is -1.93. The van der Waals surface area contributed by atoms with Gasteiger partial charge < -0.3 is 15.6 Å². The van der Waals surface area contributed by atoms with E-state index in [2.05, 4.69) is 30.5 Å². The number of nitrogens with zero attached hydrogens (tertiary/aromatic N) is 7. The molecule has 0 saturated carbocycles. The van der Waals surface area contributed by atoms with Crippen molar-refractivity contribution >= 4 is 28.9 Å². The summed E-state index contributed by atoms with van der Waals surface area (Å²) in [5.41, 5.74) is 6.38. The highest BCUT2D eigenvalue weighted by Gasteiger charge is 2.42. The zero-order valence-corrected chi connectivity index (χ0v) is 19.2. The number of H-pyrrole nitrogens is 1. The van der Waals surface area contributed by atoms with E-state index in [9.17, 15) is 9.18 Å². The van der Waals surface area contributed by atoms with E-state index in [-0.39, 0.29) is 51.8 Å². The third-order valence-corrected chi connectivity index (χ3v) is 6.72. The lowest BCUT2D eigenvalue weighted by molar-refractivity contribution is -0.129. The van der Waals surface area contributed by atoms with Crippen LogP contribution in [0.3, 0.4) is 0 Å². The number of hydrogen-bond donors (Lipinski definition) is 2. The molecule has 0 spiro atoms. The van der Waals surface area contributed by atoms with Crippen molar-refractivity contribution in [2.75, 3.05) is 5.73 Å². The number of carbonyl (C=O) groups is 1. The molecule has 0 aliphatic carbocycles. The molecule has 1 amide bonds. The average Bonchev–Trinajstić information content (AvgIpc) is 3.63. The number of carbonyl (C=O) groups excluding carboxylic acids is 1. The van der Waals surface area contributed by atoms with Gasteiger partial charge in [-0.05, 0) is 59.5 Å². The van der Waals surface area contributed by atoms with E-state index in [4.69, 9.17) is 20.1 Å². The maximum absolute atomic E-state index is 15.3. The second-order valence-electron chi connectivity index (χ2n) is 8.48. The first kappa shape index (κ1) is 20.0. The van der Waals surface area contributed by atoms with Crippen molar-refractivity contribution in [3.63, 3.8) is 0 Å². The number of benzene rings is 1. The highest BCUT2D eigenvalue weighted by Crippen LogP contribution is 2.44. The van der Waals surface area contributed by atoms with Crippen LogP contribution in [0.15, 0.2) is 42.8 Å². The van der Waals surface area contributed by atoms with Gasteiger partial charge in [-0.2, -0.15) is 9.07 Å². The van der Waals surface area contributed by atoms with Crippen LogP contribution in [0.4, 0.5) is 14.6 Å². The number of fused-ring (bicyclic) bond motifs is 1. The van der Waals surface area contributed by atoms with Crippen molar-refractivity contribution in [2.45, 2.75) is 31.3 Å². The molecular weight excluding hydrogens is 492 g/mol. The van der Waals surface area contributed by atoms with E-state index >= 15 is 4.39 Å². The molecule has 3 aromatic heterocycles. The van der Waals surface area contributed by atoms with Crippen molar-refractivity contribution in [1.82, 2.24) is 40.1 Å². The predicted molar refractivity (Wildman–Crippen MR) is 126 cm³/mol. The van der Waals surface area contributed by atoms with Gasteiger partial charge in [0.1, 0.15) is 18.0 Å². The average molecular weight is 512 g/mol. The normalized spacial score (nSPS) is 20.2. The quantitative estimate of drug-likeness (QED) is 0.401. The summed E-state index contributed by atoms with van der Waals surface area (Å²) in [7, 11) is 0. The van der Waals surface area contributed by atoms with Gasteiger partial charge in [0.05, 0.1) is 36.9 Å². The van der Waals surface area contributed by atoms with Crippen molar-refractivity contribution in [3.8, 4) is 16.9 Å². The van der Waals surface area contributed by atoms with Crippen molar-refractivity contribution in [1.29, 1.82) is 0 Å². The van der Waals surface area contributed by atoms with Gasteiger partial charge in [0.2, 0.25) is 11.9 Å². The monoisotopic (exact) mass is 511 g/mol. The van der Waals surface area contributed by atoms with Gasteiger partial charge in [-0.1, -0.05) is 11.6 Å². The Morgan fingerprint density at radius 3 is 2.92 bits per heavy atom. The van der Waals surface area contributed by atoms with Crippen molar-refractivity contribution < 1.29 is 16.3 Å². The lowest BCUT2D eigenvalue weighted by Gasteiger charge is -2.33. The lowest BCUT2D eigenvalue weighted by Crippen LogP contribution is -2.39. The van der Waals surface area contributed by atoms with Crippen LogP contribution in [0.1, 0.15) is 39.4 Å². The minimum atomic E-state index is -0.935. The smallest absolute Gasteiger partial charge is 0.247 e. The second kappa shape index (κ2) is 8.48. The largest absolute Gasteiger partial charge is 0.384 e. The summed E-state index contributed by atoms with van der Waals surface area (Å²) in [6, 6.07) is 3.19. The SMILES string of the molecule is [2H]c1cc(-c2[nH]c([C@@H]3CC[C@@H]4CC(c5c(-n6cnnn6)ccc(Cl)c5F)=CC(=O)N43)nc2[2H])c(F)nc1N. The molecule has 6 rings (SSSR count). The number of imidazole rings is 1. The molecule has 182 valence electrons. The third kappa shape index (κ3) is 3.61. The van der Waals surface area contributed by atoms with Crippen LogP contribution in [0, 0.1) is 11.8 Å². The summed E-state index contributed by atoms with van der Waals surface area (Å²) >= 11 is 6.08. The fraction of sp³-hybridized carbons (Fsp3) is 0.217. The fourth-order valence-corrected chi connectivity index (χ4v) is 5.03. The molecule has 10 nitrogen and oxygen atoms in total. The fourth-order valence-electron chi connectivity index (χ4n) is 4.87. The Balaban J connectivity index is 1.35. The van der Waals surface area contributed by atoms with E-state index in [1.165, 1.54) is 29.2 Å². The standard InChI is InChI=1S/C23H18ClF2N9O/c24-14-3-5-16(34-10-29-32-33-34)20(21(14)25)11-7-12-1-4-17(35(12)19(36)8-11)23-28-9-15(30-23)13-2-6-18(27)31-22(13)26/h2-3,5-6,8-10,12,17H,1,4,7H2,(H2,27,31)(H,28,30)/t12-,17+/m1/s1/i6D,9D. The van der Waals surface area contributed by atoms with E-state index in [0.717, 1.165) is 0 Å². The predicted octanol–water partition coefficient (Wildman–Crippen LogP) is 3.48. The summed E-state index contributed by atoms with van der Waals surface area (Å²) in [6.07, 6.45) is 3.89. The molecule has 3 N–H and O–H groups in total.